The zero-order chi connectivity index (χ0) is 20.0. The maximum absolute atomic E-state index is 12.8. The predicted molar refractivity (Wildman–Crippen MR) is 105 cm³/mol. The molecular weight excluding hydrogens is 368 g/mol. The molecule has 8 heteroatoms. The lowest BCUT2D eigenvalue weighted by atomic mass is 10.2. The largest absolute Gasteiger partial charge is 0.339 e. The van der Waals surface area contributed by atoms with E-state index in [1.165, 1.54) is 36.1 Å². The van der Waals surface area contributed by atoms with Gasteiger partial charge < -0.3 is 14.8 Å². The van der Waals surface area contributed by atoms with Gasteiger partial charge in [-0.3, -0.25) is 14.4 Å². The van der Waals surface area contributed by atoms with Crippen LogP contribution in [0.5, 0.6) is 0 Å². The Kier molecular flexibility index (Phi) is 7.12. The zero-order valence-electron chi connectivity index (χ0n) is 15.7. The highest BCUT2D eigenvalue weighted by Crippen LogP contribution is 2.15. The smallest absolute Gasteiger partial charge is 0.274 e. The first-order valence-electron chi connectivity index (χ1n) is 8.80. The van der Waals surface area contributed by atoms with Crippen LogP contribution in [-0.2, 0) is 7.05 Å². The van der Waals surface area contributed by atoms with Crippen LogP contribution in [0.15, 0.2) is 35.4 Å². The van der Waals surface area contributed by atoms with E-state index in [2.05, 4.69) is 10.3 Å². The van der Waals surface area contributed by atoms with Crippen LogP contribution in [0.1, 0.15) is 47.4 Å². The second kappa shape index (κ2) is 9.32. The van der Waals surface area contributed by atoms with Crippen LogP contribution < -0.4 is 10.9 Å². The average molecular weight is 391 g/mol. The molecule has 2 rings (SSSR count). The number of anilines is 1. The highest BCUT2D eigenvalue weighted by Gasteiger charge is 2.19. The lowest BCUT2D eigenvalue weighted by Crippen LogP contribution is -2.34. The summed E-state index contributed by atoms with van der Waals surface area (Å²) in [7, 11) is 1.54. The number of halogens is 1. The van der Waals surface area contributed by atoms with Gasteiger partial charge in [-0.15, -0.1) is 0 Å². The van der Waals surface area contributed by atoms with E-state index in [1.54, 1.807) is 11.0 Å². The van der Waals surface area contributed by atoms with E-state index in [1.807, 2.05) is 13.8 Å². The summed E-state index contributed by atoms with van der Waals surface area (Å²) in [4.78, 5) is 43.2. The second-order valence-electron chi connectivity index (χ2n) is 6.15. The highest BCUT2D eigenvalue weighted by molar-refractivity contribution is 6.33. The Morgan fingerprint density at radius 2 is 1.93 bits per heavy atom. The Morgan fingerprint density at radius 1 is 1.26 bits per heavy atom. The van der Waals surface area contributed by atoms with Crippen LogP contribution in [0, 0.1) is 0 Å². The third-order valence-electron chi connectivity index (χ3n) is 3.96. The van der Waals surface area contributed by atoms with E-state index in [0.717, 1.165) is 12.8 Å². The van der Waals surface area contributed by atoms with Crippen molar-refractivity contribution in [3.05, 3.63) is 57.2 Å². The Balaban J connectivity index is 2.35. The molecule has 2 aromatic heterocycles. The molecule has 7 nitrogen and oxygen atoms in total. The third-order valence-corrected chi connectivity index (χ3v) is 4.26. The molecule has 2 amide bonds. The molecule has 0 radical (unpaired) electrons. The fraction of sp³-hybridized carbons (Fsp3) is 0.368. The van der Waals surface area contributed by atoms with Gasteiger partial charge >= 0.3 is 0 Å². The fourth-order valence-corrected chi connectivity index (χ4v) is 2.91. The molecule has 0 fully saturated rings. The average Bonchev–Trinajstić information content (AvgIpc) is 2.64. The normalized spacial score (nSPS) is 10.5. The summed E-state index contributed by atoms with van der Waals surface area (Å²) in [5, 5.41) is 2.58. The first-order chi connectivity index (χ1) is 12.9. The van der Waals surface area contributed by atoms with Crippen LogP contribution in [0.3, 0.4) is 0 Å². The van der Waals surface area contributed by atoms with Crippen LogP contribution in [0.2, 0.25) is 5.15 Å². The Labute approximate surface area is 163 Å². The van der Waals surface area contributed by atoms with Gasteiger partial charge in [0.1, 0.15) is 10.8 Å². The van der Waals surface area contributed by atoms with E-state index in [4.69, 9.17) is 11.6 Å². The van der Waals surface area contributed by atoms with Gasteiger partial charge in [0.25, 0.3) is 17.4 Å². The van der Waals surface area contributed by atoms with Crippen molar-refractivity contribution in [3.63, 3.8) is 0 Å². The molecule has 144 valence electrons. The molecule has 2 heterocycles. The molecule has 0 spiro atoms. The molecule has 1 N–H and O–H groups in total. The van der Waals surface area contributed by atoms with E-state index in [9.17, 15) is 14.4 Å². The first-order valence-corrected chi connectivity index (χ1v) is 9.18. The standard InChI is InChI=1S/C19H23ClN4O3/c1-4-9-24(10-5-2)18(26)13-11-15(19(27)23(3)12-13)22-17(25)14-7-6-8-21-16(14)20/h6-8,11-12H,4-5,9-10H2,1-3H3,(H,22,25). The minimum Gasteiger partial charge on any atom is -0.339 e. The van der Waals surface area contributed by atoms with E-state index < -0.39 is 11.5 Å². The van der Waals surface area contributed by atoms with Crippen LogP contribution in [0.25, 0.3) is 0 Å². The van der Waals surface area contributed by atoms with E-state index in [-0.39, 0.29) is 22.3 Å². The quantitative estimate of drug-likeness (QED) is 0.736. The molecule has 0 bridgehead atoms. The van der Waals surface area contributed by atoms with Crippen molar-refractivity contribution in [2.75, 3.05) is 18.4 Å². The number of aromatic nitrogens is 2. The lowest BCUT2D eigenvalue weighted by molar-refractivity contribution is 0.0754. The van der Waals surface area contributed by atoms with Gasteiger partial charge in [0.2, 0.25) is 0 Å². The van der Waals surface area contributed by atoms with Crippen LogP contribution in [-0.4, -0.2) is 39.4 Å². The van der Waals surface area contributed by atoms with Gasteiger partial charge in [0.05, 0.1) is 11.1 Å². The summed E-state index contributed by atoms with van der Waals surface area (Å²) in [6.07, 6.45) is 4.62. The minimum atomic E-state index is -0.561. The van der Waals surface area contributed by atoms with Crippen molar-refractivity contribution in [3.8, 4) is 0 Å². The van der Waals surface area contributed by atoms with Gasteiger partial charge in [-0.1, -0.05) is 25.4 Å². The van der Waals surface area contributed by atoms with E-state index in [0.29, 0.717) is 18.7 Å². The van der Waals surface area contributed by atoms with Gasteiger partial charge in [0, 0.05) is 32.5 Å². The molecule has 0 aromatic carbocycles. The first kappa shape index (κ1) is 20.6. The second-order valence-corrected chi connectivity index (χ2v) is 6.50. The SMILES string of the molecule is CCCN(CCC)C(=O)c1cc(NC(=O)c2cccnc2Cl)c(=O)n(C)c1. The number of nitrogens with one attached hydrogen (secondary N) is 1. The number of aryl methyl sites for hydroxylation is 1. The summed E-state index contributed by atoms with van der Waals surface area (Å²) in [5.41, 5.74) is 0.0850. The lowest BCUT2D eigenvalue weighted by Gasteiger charge is -2.22. The topological polar surface area (TPSA) is 84.3 Å². The van der Waals surface area contributed by atoms with Crippen LogP contribution >= 0.6 is 11.6 Å². The summed E-state index contributed by atoms with van der Waals surface area (Å²) in [6.45, 7) is 5.25. The third kappa shape index (κ3) is 4.95. The van der Waals surface area contributed by atoms with Crippen molar-refractivity contribution < 1.29 is 9.59 Å². The predicted octanol–water partition coefficient (Wildman–Crippen LogP) is 2.95. The molecule has 2 aromatic rings. The summed E-state index contributed by atoms with van der Waals surface area (Å²) < 4.78 is 1.28. The van der Waals surface area contributed by atoms with Gasteiger partial charge in [-0.25, -0.2) is 4.98 Å². The highest BCUT2D eigenvalue weighted by atomic mass is 35.5. The number of carbonyl (C=O) groups is 2. The van der Waals surface area contributed by atoms with Crippen molar-refractivity contribution in [1.82, 2.24) is 14.5 Å². The number of nitrogens with zero attached hydrogens (tertiary/aromatic N) is 3. The zero-order valence-corrected chi connectivity index (χ0v) is 16.4. The Bertz CT molecular complexity index is 889. The summed E-state index contributed by atoms with van der Waals surface area (Å²) in [5.74, 6) is -0.738. The maximum Gasteiger partial charge on any atom is 0.274 e. The molecule has 27 heavy (non-hydrogen) atoms. The maximum atomic E-state index is 12.8. The molecule has 0 saturated carbocycles. The van der Waals surface area contributed by atoms with Crippen molar-refractivity contribution in [2.45, 2.75) is 26.7 Å². The summed E-state index contributed by atoms with van der Waals surface area (Å²) >= 11 is 5.93. The summed E-state index contributed by atoms with van der Waals surface area (Å²) in [6, 6.07) is 4.49. The van der Waals surface area contributed by atoms with Crippen molar-refractivity contribution in [2.24, 2.45) is 7.05 Å². The number of pyridine rings is 2. The van der Waals surface area contributed by atoms with E-state index >= 15 is 0 Å². The van der Waals surface area contributed by atoms with Gasteiger partial charge in [0.15, 0.2) is 0 Å². The molecular formula is C19H23ClN4O3. The molecule has 0 atom stereocenters. The van der Waals surface area contributed by atoms with Crippen molar-refractivity contribution in [1.29, 1.82) is 0 Å². The van der Waals surface area contributed by atoms with Gasteiger partial charge in [-0.2, -0.15) is 0 Å². The molecule has 0 saturated heterocycles. The molecule has 0 aliphatic rings. The number of hydrogen-bond acceptors (Lipinski definition) is 4. The Morgan fingerprint density at radius 3 is 2.52 bits per heavy atom. The van der Waals surface area contributed by atoms with Crippen LogP contribution in [0.4, 0.5) is 5.69 Å². The van der Waals surface area contributed by atoms with Gasteiger partial charge in [-0.05, 0) is 31.0 Å². The molecule has 0 aliphatic carbocycles. The molecule has 0 aliphatic heterocycles. The Hall–Kier alpha value is -2.67. The number of rotatable bonds is 7. The monoisotopic (exact) mass is 390 g/mol. The number of hydrogen-bond donors (Lipinski definition) is 1. The number of amides is 2. The minimum absolute atomic E-state index is 0.0150. The number of carbonyl (C=O) groups excluding carboxylic acids is 2. The fourth-order valence-electron chi connectivity index (χ4n) is 2.70. The van der Waals surface area contributed by atoms with Crippen molar-refractivity contribution >= 4 is 29.1 Å². The molecule has 0 unspecified atom stereocenters.